The highest BCUT2D eigenvalue weighted by Crippen LogP contribution is 2.29. The summed E-state index contributed by atoms with van der Waals surface area (Å²) in [5.41, 5.74) is -0.0882. The number of hydrogen-bond acceptors (Lipinski definition) is 4. The normalized spacial score (nSPS) is 14.2. The largest absolute Gasteiger partial charge is 0.324 e. The van der Waals surface area contributed by atoms with E-state index in [9.17, 15) is 26.8 Å². The molecule has 25 heavy (non-hydrogen) atoms. The molecule has 0 saturated heterocycles. The maximum absolute atomic E-state index is 13.6. The Morgan fingerprint density at radius 3 is 2.28 bits per heavy atom. The number of carbonyl (C=O) groups excluding carboxylic acids is 2. The molecule has 0 atom stereocenters. The third-order valence-electron chi connectivity index (χ3n) is 3.35. The lowest BCUT2D eigenvalue weighted by Gasteiger charge is -2.12. The second-order valence-corrected chi connectivity index (χ2v) is 6.89. The van der Waals surface area contributed by atoms with E-state index in [4.69, 9.17) is 0 Å². The zero-order valence-corrected chi connectivity index (χ0v) is 13.3. The van der Waals surface area contributed by atoms with Gasteiger partial charge in [-0.2, -0.15) is 0 Å². The third kappa shape index (κ3) is 3.58. The molecule has 0 aliphatic carbocycles. The minimum Gasteiger partial charge on any atom is -0.324 e. The predicted octanol–water partition coefficient (Wildman–Crippen LogP) is 2.05. The zero-order valence-electron chi connectivity index (χ0n) is 12.5. The van der Waals surface area contributed by atoms with Crippen LogP contribution < -0.4 is 15.4 Å². The summed E-state index contributed by atoms with van der Waals surface area (Å²) >= 11 is 0. The molecule has 1 aliphatic rings. The first-order chi connectivity index (χ1) is 11.7. The first kappa shape index (κ1) is 16.8. The topological polar surface area (TPSA) is 104 Å². The van der Waals surface area contributed by atoms with Crippen molar-refractivity contribution in [2.75, 3.05) is 15.4 Å². The Morgan fingerprint density at radius 1 is 0.920 bits per heavy atom. The smallest absolute Gasteiger partial charge is 0.262 e. The average Bonchev–Trinajstić information content (AvgIpc) is 2.65. The van der Waals surface area contributed by atoms with E-state index >= 15 is 0 Å². The summed E-state index contributed by atoms with van der Waals surface area (Å²) in [4.78, 5) is 22.8. The summed E-state index contributed by atoms with van der Waals surface area (Å²) < 4.78 is 53.3. The highest BCUT2D eigenvalue weighted by molar-refractivity contribution is 7.92. The van der Waals surface area contributed by atoms with Gasteiger partial charge in [-0.3, -0.25) is 14.3 Å². The molecule has 0 spiro atoms. The molecule has 0 bridgehead atoms. The van der Waals surface area contributed by atoms with E-state index in [0.717, 1.165) is 18.2 Å². The van der Waals surface area contributed by atoms with Crippen molar-refractivity contribution >= 4 is 38.9 Å². The third-order valence-corrected chi connectivity index (χ3v) is 4.71. The fourth-order valence-corrected chi connectivity index (χ4v) is 3.31. The minimum absolute atomic E-state index is 0.0957. The van der Waals surface area contributed by atoms with Gasteiger partial charge in [0.2, 0.25) is 11.8 Å². The van der Waals surface area contributed by atoms with Crippen LogP contribution in [0.5, 0.6) is 0 Å². The van der Waals surface area contributed by atoms with Crippen LogP contribution in [-0.2, 0) is 19.6 Å². The average molecular weight is 367 g/mol. The van der Waals surface area contributed by atoms with Crippen LogP contribution in [0.4, 0.5) is 25.8 Å². The summed E-state index contributed by atoms with van der Waals surface area (Å²) in [6.45, 7) is 0. The van der Waals surface area contributed by atoms with E-state index in [-0.39, 0.29) is 16.3 Å². The standard InChI is InChI=1S/C15H11F2N3O4S/c16-8-1-3-11(10(17)5-8)20-25(23,24)9-2-4-12-13(6-9)19-15(22)7-14(21)18-12/h1-6,20H,7H2,(H,18,21)(H,19,22). The van der Waals surface area contributed by atoms with E-state index < -0.39 is 45.6 Å². The Kier molecular flexibility index (Phi) is 4.13. The van der Waals surface area contributed by atoms with Crippen LogP contribution in [0.15, 0.2) is 41.3 Å². The van der Waals surface area contributed by atoms with E-state index in [1.165, 1.54) is 12.1 Å². The van der Waals surface area contributed by atoms with Gasteiger partial charge in [0, 0.05) is 6.07 Å². The molecular formula is C15H11F2N3O4S. The molecule has 3 rings (SSSR count). The molecule has 0 radical (unpaired) electrons. The van der Waals surface area contributed by atoms with Crippen molar-refractivity contribution in [1.82, 2.24) is 0 Å². The number of sulfonamides is 1. The monoisotopic (exact) mass is 367 g/mol. The van der Waals surface area contributed by atoms with Crippen LogP contribution in [0.1, 0.15) is 6.42 Å². The van der Waals surface area contributed by atoms with Gasteiger partial charge in [-0.1, -0.05) is 0 Å². The van der Waals surface area contributed by atoms with Gasteiger partial charge < -0.3 is 10.6 Å². The molecule has 7 nitrogen and oxygen atoms in total. The van der Waals surface area contributed by atoms with E-state index in [1.54, 1.807) is 0 Å². The molecule has 2 aromatic carbocycles. The van der Waals surface area contributed by atoms with Gasteiger partial charge in [0.15, 0.2) is 0 Å². The van der Waals surface area contributed by atoms with Crippen molar-refractivity contribution in [2.45, 2.75) is 11.3 Å². The summed E-state index contributed by atoms with van der Waals surface area (Å²) in [6, 6.07) is 6.02. The Balaban J connectivity index is 1.95. The number of fused-ring (bicyclic) bond motifs is 1. The number of carbonyl (C=O) groups is 2. The van der Waals surface area contributed by atoms with Crippen molar-refractivity contribution in [3.8, 4) is 0 Å². The molecule has 2 amide bonds. The molecule has 10 heteroatoms. The molecule has 1 aliphatic heterocycles. The Labute approximate surface area is 141 Å². The van der Waals surface area contributed by atoms with Crippen molar-refractivity contribution in [3.63, 3.8) is 0 Å². The van der Waals surface area contributed by atoms with Crippen molar-refractivity contribution in [2.24, 2.45) is 0 Å². The van der Waals surface area contributed by atoms with Gasteiger partial charge in [-0.15, -0.1) is 0 Å². The number of anilines is 3. The van der Waals surface area contributed by atoms with Gasteiger partial charge in [0.25, 0.3) is 10.0 Å². The van der Waals surface area contributed by atoms with Gasteiger partial charge in [0.05, 0.1) is 22.0 Å². The lowest BCUT2D eigenvalue weighted by atomic mass is 10.2. The zero-order chi connectivity index (χ0) is 18.2. The quantitative estimate of drug-likeness (QED) is 0.722. The van der Waals surface area contributed by atoms with E-state index in [0.29, 0.717) is 6.07 Å². The number of benzene rings is 2. The van der Waals surface area contributed by atoms with Crippen LogP contribution in [0.25, 0.3) is 0 Å². The Bertz CT molecular complexity index is 992. The lowest BCUT2D eigenvalue weighted by Crippen LogP contribution is -2.16. The Morgan fingerprint density at radius 2 is 1.60 bits per heavy atom. The molecule has 3 N–H and O–H groups in total. The molecule has 2 aromatic rings. The van der Waals surface area contributed by atoms with Gasteiger partial charge >= 0.3 is 0 Å². The molecule has 1 heterocycles. The first-order valence-corrected chi connectivity index (χ1v) is 8.44. The summed E-state index contributed by atoms with van der Waals surface area (Å²) in [5.74, 6) is -3.04. The van der Waals surface area contributed by atoms with Gasteiger partial charge in [0.1, 0.15) is 18.1 Å². The summed E-state index contributed by atoms with van der Waals surface area (Å²) in [6.07, 6.45) is -0.393. The van der Waals surface area contributed by atoms with Crippen LogP contribution in [-0.4, -0.2) is 20.2 Å². The van der Waals surface area contributed by atoms with Crippen LogP contribution >= 0.6 is 0 Å². The van der Waals surface area contributed by atoms with Crippen molar-refractivity contribution in [3.05, 3.63) is 48.0 Å². The number of hydrogen-bond donors (Lipinski definition) is 3. The Hall–Kier alpha value is -3.01. The highest BCUT2D eigenvalue weighted by Gasteiger charge is 2.22. The second-order valence-electron chi connectivity index (χ2n) is 5.21. The molecule has 130 valence electrons. The molecule has 0 fully saturated rings. The van der Waals surface area contributed by atoms with Crippen molar-refractivity contribution < 1.29 is 26.8 Å². The van der Waals surface area contributed by atoms with Crippen molar-refractivity contribution in [1.29, 1.82) is 0 Å². The van der Waals surface area contributed by atoms with Crippen LogP contribution in [0.2, 0.25) is 0 Å². The fraction of sp³-hybridized carbons (Fsp3) is 0.0667. The SMILES string of the molecule is O=C1CC(=O)Nc2cc(S(=O)(=O)Nc3ccc(F)cc3F)ccc2N1. The van der Waals surface area contributed by atoms with Gasteiger partial charge in [-0.05, 0) is 30.3 Å². The number of amides is 2. The predicted molar refractivity (Wildman–Crippen MR) is 85.5 cm³/mol. The molecule has 0 saturated carbocycles. The molecule has 0 unspecified atom stereocenters. The maximum atomic E-state index is 13.6. The second kappa shape index (κ2) is 6.13. The number of nitrogens with one attached hydrogen (secondary N) is 3. The number of rotatable bonds is 3. The summed E-state index contributed by atoms with van der Waals surface area (Å²) in [5, 5.41) is 4.87. The van der Waals surface area contributed by atoms with E-state index in [1.807, 2.05) is 4.72 Å². The fourth-order valence-electron chi connectivity index (χ4n) is 2.21. The van der Waals surface area contributed by atoms with E-state index in [2.05, 4.69) is 10.6 Å². The first-order valence-electron chi connectivity index (χ1n) is 6.96. The lowest BCUT2D eigenvalue weighted by molar-refractivity contribution is -0.123. The van der Waals surface area contributed by atoms with Gasteiger partial charge in [-0.25, -0.2) is 17.2 Å². The minimum atomic E-state index is -4.20. The highest BCUT2D eigenvalue weighted by atomic mass is 32.2. The van der Waals surface area contributed by atoms with Crippen LogP contribution in [0.3, 0.4) is 0 Å². The molecular weight excluding hydrogens is 356 g/mol. The van der Waals surface area contributed by atoms with Crippen LogP contribution in [0, 0.1) is 11.6 Å². The summed E-state index contributed by atoms with van der Waals surface area (Å²) in [7, 11) is -4.20. The number of halogens is 2. The maximum Gasteiger partial charge on any atom is 0.262 e. The molecule has 0 aromatic heterocycles.